The largest absolute Gasteiger partial charge is 0.453 e. The predicted octanol–water partition coefficient (Wildman–Crippen LogP) is 7.01. The van der Waals surface area contributed by atoms with Gasteiger partial charge in [0.05, 0.1) is 21.1 Å². The van der Waals surface area contributed by atoms with Gasteiger partial charge in [0.1, 0.15) is 17.4 Å². The maximum absolute atomic E-state index is 15.0. The fourth-order valence-corrected chi connectivity index (χ4v) is 4.75. The average molecular weight is 499 g/mol. The van der Waals surface area contributed by atoms with Gasteiger partial charge in [0.25, 0.3) is 0 Å². The van der Waals surface area contributed by atoms with E-state index in [0.29, 0.717) is 33.5 Å². The zero-order chi connectivity index (χ0) is 24.6. The van der Waals surface area contributed by atoms with Crippen LogP contribution in [0.15, 0.2) is 89.4 Å². The highest BCUT2D eigenvalue weighted by Gasteiger charge is 2.14. The summed E-state index contributed by atoms with van der Waals surface area (Å²) in [4.78, 5) is 25.0. The number of anilines is 2. The molecular formula is C27H16F2N4O2S. The second kappa shape index (κ2) is 8.86. The number of thiophene rings is 1. The third-order valence-electron chi connectivity index (χ3n) is 5.67. The lowest BCUT2D eigenvalue weighted by Gasteiger charge is -2.12. The third-order valence-corrected chi connectivity index (χ3v) is 6.59. The maximum Gasteiger partial charge on any atom is 0.200 e. The number of benzene rings is 2. The zero-order valence-electron chi connectivity index (χ0n) is 18.5. The molecule has 9 heteroatoms. The Bertz CT molecular complexity index is 1800. The van der Waals surface area contributed by atoms with Gasteiger partial charge in [0.15, 0.2) is 11.6 Å². The van der Waals surface area contributed by atoms with Crippen molar-refractivity contribution in [2.75, 3.05) is 5.32 Å². The number of rotatable bonds is 5. The minimum atomic E-state index is -0.581. The van der Waals surface area contributed by atoms with Gasteiger partial charge in [-0.1, -0.05) is 12.1 Å². The molecule has 0 aliphatic heterocycles. The summed E-state index contributed by atoms with van der Waals surface area (Å²) in [5.41, 5.74) is 2.37. The topological polar surface area (TPSA) is 79.9 Å². The molecule has 0 radical (unpaired) electrons. The minimum absolute atomic E-state index is 0.0590. The molecule has 0 aliphatic carbocycles. The van der Waals surface area contributed by atoms with E-state index in [9.17, 15) is 13.6 Å². The van der Waals surface area contributed by atoms with E-state index in [4.69, 9.17) is 4.74 Å². The smallest absolute Gasteiger partial charge is 0.200 e. The molecule has 6 nitrogen and oxygen atoms in total. The highest BCUT2D eigenvalue weighted by molar-refractivity contribution is 7.17. The first-order valence-electron chi connectivity index (χ1n) is 10.9. The van der Waals surface area contributed by atoms with Crippen molar-refractivity contribution in [2.24, 2.45) is 0 Å². The first kappa shape index (κ1) is 21.9. The molecule has 6 rings (SSSR count). The molecule has 36 heavy (non-hydrogen) atoms. The number of fused-ring (bicyclic) bond motifs is 2. The quantitative estimate of drug-likeness (QED) is 0.267. The molecule has 0 amide bonds. The van der Waals surface area contributed by atoms with Gasteiger partial charge in [-0.25, -0.2) is 13.8 Å². The van der Waals surface area contributed by atoms with E-state index in [2.05, 4.69) is 20.3 Å². The number of hydrogen-bond acceptors (Lipinski definition) is 6. The number of nitrogens with zero attached hydrogens (tertiary/aromatic N) is 2. The molecule has 0 atom stereocenters. The number of nitrogens with one attached hydrogen (secondary N) is 2. The average Bonchev–Trinajstić information content (AvgIpc) is 3.37. The van der Waals surface area contributed by atoms with Gasteiger partial charge in [-0.05, 0) is 47.3 Å². The van der Waals surface area contributed by atoms with Crippen LogP contribution in [0.3, 0.4) is 0 Å². The molecular weight excluding hydrogens is 482 g/mol. The summed E-state index contributed by atoms with van der Waals surface area (Å²) in [6.07, 6.45) is 4.74. The van der Waals surface area contributed by atoms with Crippen molar-refractivity contribution in [3.63, 3.8) is 0 Å². The molecule has 0 bridgehead atoms. The van der Waals surface area contributed by atoms with Gasteiger partial charge in [-0.15, -0.1) is 11.3 Å². The summed E-state index contributed by atoms with van der Waals surface area (Å²) >= 11 is 1.46. The van der Waals surface area contributed by atoms with Crippen molar-refractivity contribution >= 4 is 44.0 Å². The molecule has 0 saturated heterocycles. The van der Waals surface area contributed by atoms with Crippen LogP contribution in [0.2, 0.25) is 0 Å². The van der Waals surface area contributed by atoms with Gasteiger partial charge < -0.3 is 15.0 Å². The van der Waals surface area contributed by atoms with Crippen LogP contribution in [-0.4, -0.2) is 15.0 Å². The SMILES string of the molecule is O=c1c(-c2ccc(F)cc2)c[nH]c2ccnc(Nc3ccc(Oc4ccnc5ccsc45)c(F)c3)c12. The normalized spacial score (nSPS) is 11.2. The second-order valence-corrected chi connectivity index (χ2v) is 8.85. The minimum Gasteiger partial charge on any atom is -0.453 e. The number of hydrogen-bond donors (Lipinski definition) is 2. The monoisotopic (exact) mass is 498 g/mol. The standard InChI is InChI=1S/C27H16F2N4O2S/c28-16-3-1-15(2-4-16)18-14-32-20-7-10-31-27(24(20)25(18)34)33-17-5-6-22(19(29)13-17)35-23-8-11-30-21-9-12-36-26(21)23/h1-14H,(H,31,33)(H,32,34). The summed E-state index contributed by atoms with van der Waals surface area (Å²) in [6, 6.07) is 15.3. The molecule has 2 N–H and O–H groups in total. The van der Waals surface area contributed by atoms with E-state index in [0.717, 1.165) is 10.2 Å². The Morgan fingerprint density at radius 1 is 0.917 bits per heavy atom. The summed E-state index contributed by atoms with van der Waals surface area (Å²) < 4.78 is 35.0. The van der Waals surface area contributed by atoms with E-state index in [1.54, 1.807) is 36.8 Å². The van der Waals surface area contributed by atoms with Crippen LogP contribution in [0.1, 0.15) is 0 Å². The molecule has 4 aromatic heterocycles. The maximum atomic E-state index is 15.0. The van der Waals surface area contributed by atoms with E-state index in [-0.39, 0.29) is 17.0 Å². The highest BCUT2D eigenvalue weighted by Crippen LogP contribution is 2.34. The molecule has 2 aromatic carbocycles. The Labute approximate surface area is 206 Å². The van der Waals surface area contributed by atoms with Crippen LogP contribution in [0, 0.1) is 11.6 Å². The van der Waals surface area contributed by atoms with E-state index >= 15 is 0 Å². The third kappa shape index (κ3) is 3.95. The Kier molecular flexibility index (Phi) is 5.38. The van der Waals surface area contributed by atoms with E-state index < -0.39 is 11.6 Å². The fourth-order valence-electron chi connectivity index (χ4n) is 3.95. The molecule has 176 valence electrons. The Morgan fingerprint density at radius 3 is 2.58 bits per heavy atom. The number of aromatic amines is 1. The Hall–Kier alpha value is -4.63. The van der Waals surface area contributed by atoms with Crippen LogP contribution in [-0.2, 0) is 0 Å². The van der Waals surface area contributed by atoms with Crippen LogP contribution < -0.4 is 15.5 Å². The first-order valence-corrected chi connectivity index (χ1v) is 11.8. The van der Waals surface area contributed by atoms with E-state index in [1.165, 1.54) is 47.7 Å². The summed E-state index contributed by atoms with van der Waals surface area (Å²) in [6.45, 7) is 0. The van der Waals surface area contributed by atoms with Crippen LogP contribution in [0.4, 0.5) is 20.3 Å². The predicted molar refractivity (Wildman–Crippen MR) is 137 cm³/mol. The number of aromatic nitrogens is 3. The van der Waals surface area contributed by atoms with Crippen molar-refractivity contribution in [1.82, 2.24) is 15.0 Å². The van der Waals surface area contributed by atoms with Crippen LogP contribution >= 0.6 is 11.3 Å². The van der Waals surface area contributed by atoms with Gasteiger partial charge in [0.2, 0.25) is 5.43 Å². The molecule has 0 unspecified atom stereocenters. The van der Waals surface area contributed by atoms with Crippen molar-refractivity contribution in [2.45, 2.75) is 0 Å². The molecule has 0 fully saturated rings. The molecule has 0 spiro atoms. The lowest BCUT2D eigenvalue weighted by molar-refractivity contribution is 0.447. The number of halogens is 2. The van der Waals surface area contributed by atoms with Gasteiger partial charge >= 0.3 is 0 Å². The number of H-pyrrole nitrogens is 1. The zero-order valence-corrected chi connectivity index (χ0v) is 19.3. The first-order chi connectivity index (χ1) is 17.6. The van der Waals surface area contributed by atoms with Crippen molar-refractivity contribution < 1.29 is 13.5 Å². The molecule has 0 aliphatic rings. The van der Waals surface area contributed by atoms with Crippen molar-refractivity contribution in [1.29, 1.82) is 0 Å². The van der Waals surface area contributed by atoms with Crippen LogP contribution in [0.5, 0.6) is 11.5 Å². The Morgan fingerprint density at radius 2 is 1.75 bits per heavy atom. The summed E-state index contributed by atoms with van der Waals surface area (Å²) in [5, 5.41) is 5.24. The lowest BCUT2D eigenvalue weighted by Crippen LogP contribution is -2.10. The van der Waals surface area contributed by atoms with Gasteiger partial charge in [-0.3, -0.25) is 9.78 Å². The van der Waals surface area contributed by atoms with Gasteiger partial charge in [0, 0.05) is 42.0 Å². The number of pyridine rings is 3. The number of ether oxygens (including phenoxy) is 1. The fraction of sp³-hybridized carbons (Fsp3) is 0. The van der Waals surface area contributed by atoms with Crippen LogP contribution in [0.25, 0.3) is 32.2 Å². The van der Waals surface area contributed by atoms with Crippen molar-refractivity contribution in [3.05, 3.63) is 106 Å². The Balaban J connectivity index is 1.34. The lowest BCUT2D eigenvalue weighted by atomic mass is 10.0. The summed E-state index contributed by atoms with van der Waals surface area (Å²) in [5.74, 6) is -0.130. The second-order valence-electron chi connectivity index (χ2n) is 7.94. The van der Waals surface area contributed by atoms with Crippen molar-refractivity contribution in [3.8, 4) is 22.6 Å². The molecule has 6 aromatic rings. The summed E-state index contributed by atoms with van der Waals surface area (Å²) in [7, 11) is 0. The molecule has 0 saturated carbocycles. The van der Waals surface area contributed by atoms with E-state index in [1.807, 2.05) is 11.4 Å². The van der Waals surface area contributed by atoms with Gasteiger partial charge in [-0.2, -0.15) is 0 Å². The highest BCUT2D eigenvalue weighted by atomic mass is 32.1. The molecule has 4 heterocycles.